The van der Waals surface area contributed by atoms with Crippen molar-refractivity contribution in [3.8, 4) is 5.75 Å². The Kier molecular flexibility index (Phi) is 4.53. The smallest absolute Gasteiger partial charge is 0.253 e. The zero-order valence-electron chi connectivity index (χ0n) is 11.8. The second-order valence-electron chi connectivity index (χ2n) is 4.63. The molecule has 0 saturated heterocycles. The first kappa shape index (κ1) is 14.3. The summed E-state index contributed by atoms with van der Waals surface area (Å²) in [5.74, 6) is 1.48. The third-order valence-electron chi connectivity index (χ3n) is 3.07. The molecule has 106 valence electrons. The number of ether oxygens (including phenoxy) is 1. The van der Waals surface area contributed by atoms with Crippen LogP contribution < -0.4 is 16.0 Å². The number of nitrogens with zero attached hydrogens (tertiary/aromatic N) is 2. The molecule has 1 aromatic carbocycles. The average Bonchev–Trinajstić information content (AvgIpc) is 2.42. The maximum atomic E-state index is 11.8. The van der Waals surface area contributed by atoms with Crippen molar-refractivity contribution < 1.29 is 4.74 Å². The lowest BCUT2D eigenvalue weighted by atomic mass is 10.2. The largest absolute Gasteiger partial charge is 0.492 e. The number of hydrogen-bond donors (Lipinski definition) is 1. The Labute approximate surface area is 118 Å². The summed E-state index contributed by atoms with van der Waals surface area (Å²) in [6, 6.07) is 9.15. The third-order valence-corrected chi connectivity index (χ3v) is 3.07. The molecule has 0 radical (unpaired) electrons. The summed E-state index contributed by atoms with van der Waals surface area (Å²) in [4.78, 5) is 16.1. The number of rotatable bonds is 5. The van der Waals surface area contributed by atoms with E-state index in [1.54, 1.807) is 4.57 Å². The van der Waals surface area contributed by atoms with E-state index < -0.39 is 0 Å². The zero-order valence-corrected chi connectivity index (χ0v) is 11.8. The normalized spacial score (nSPS) is 10.6. The molecule has 0 fully saturated rings. The molecule has 2 N–H and O–H groups in total. The predicted molar refractivity (Wildman–Crippen MR) is 77.8 cm³/mol. The third kappa shape index (κ3) is 3.45. The van der Waals surface area contributed by atoms with E-state index in [9.17, 15) is 4.79 Å². The van der Waals surface area contributed by atoms with E-state index in [4.69, 9.17) is 10.5 Å². The highest BCUT2D eigenvalue weighted by Gasteiger charge is 2.03. The Hall–Kier alpha value is -2.14. The minimum absolute atomic E-state index is 0.0444. The van der Waals surface area contributed by atoms with Crippen LogP contribution in [0.2, 0.25) is 0 Å². The Morgan fingerprint density at radius 2 is 1.95 bits per heavy atom. The van der Waals surface area contributed by atoms with Gasteiger partial charge in [0.2, 0.25) is 0 Å². The maximum Gasteiger partial charge on any atom is 0.253 e. The van der Waals surface area contributed by atoms with Crippen LogP contribution in [0.4, 0.5) is 0 Å². The van der Waals surface area contributed by atoms with Crippen molar-refractivity contribution in [3.63, 3.8) is 0 Å². The van der Waals surface area contributed by atoms with Gasteiger partial charge in [-0.3, -0.25) is 9.36 Å². The first-order chi connectivity index (χ1) is 9.60. The van der Waals surface area contributed by atoms with Gasteiger partial charge < -0.3 is 10.5 Å². The Bertz CT molecular complexity index is 633. The van der Waals surface area contributed by atoms with Gasteiger partial charge in [-0.05, 0) is 31.5 Å². The van der Waals surface area contributed by atoms with Gasteiger partial charge in [0, 0.05) is 18.3 Å². The Morgan fingerprint density at radius 3 is 2.55 bits per heavy atom. The molecule has 0 unspecified atom stereocenters. The first-order valence-corrected chi connectivity index (χ1v) is 6.57. The molecule has 0 spiro atoms. The fourth-order valence-corrected chi connectivity index (χ4v) is 2.01. The van der Waals surface area contributed by atoms with Gasteiger partial charge in [-0.15, -0.1) is 0 Å². The van der Waals surface area contributed by atoms with Crippen molar-refractivity contribution in [1.82, 2.24) is 9.55 Å². The molecule has 5 nitrogen and oxygen atoms in total. The van der Waals surface area contributed by atoms with E-state index in [1.807, 2.05) is 38.1 Å². The van der Waals surface area contributed by atoms with Crippen molar-refractivity contribution >= 4 is 0 Å². The topological polar surface area (TPSA) is 70.1 Å². The predicted octanol–water partition coefficient (Wildman–Crippen LogP) is 1.40. The number of aryl methyl sites for hydroxylation is 2. The molecule has 0 aliphatic heterocycles. The number of aromatic nitrogens is 2. The van der Waals surface area contributed by atoms with Crippen LogP contribution in [-0.4, -0.2) is 16.2 Å². The van der Waals surface area contributed by atoms with Crippen molar-refractivity contribution in [2.45, 2.75) is 26.9 Å². The minimum atomic E-state index is -0.0444. The molecule has 0 aliphatic carbocycles. The van der Waals surface area contributed by atoms with E-state index >= 15 is 0 Å². The molecule has 1 heterocycles. The summed E-state index contributed by atoms with van der Waals surface area (Å²) in [5.41, 5.74) is 7.29. The van der Waals surface area contributed by atoms with E-state index in [-0.39, 0.29) is 5.56 Å². The highest BCUT2D eigenvalue weighted by Crippen LogP contribution is 2.11. The summed E-state index contributed by atoms with van der Waals surface area (Å²) >= 11 is 0. The molecular weight excluding hydrogens is 254 g/mol. The lowest BCUT2D eigenvalue weighted by molar-refractivity contribution is 0.294. The van der Waals surface area contributed by atoms with Crippen LogP contribution in [0, 0.1) is 13.8 Å². The number of hydrogen-bond acceptors (Lipinski definition) is 4. The van der Waals surface area contributed by atoms with E-state index in [1.165, 1.54) is 6.07 Å². The molecule has 5 heteroatoms. The quantitative estimate of drug-likeness (QED) is 0.894. The summed E-state index contributed by atoms with van der Waals surface area (Å²) in [7, 11) is 0. The van der Waals surface area contributed by atoms with Crippen LogP contribution in [0.3, 0.4) is 0 Å². The van der Waals surface area contributed by atoms with Gasteiger partial charge in [0.05, 0.1) is 6.54 Å². The molecule has 1 aromatic heterocycles. The highest BCUT2D eigenvalue weighted by atomic mass is 16.5. The van der Waals surface area contributed by atoms with Crippen LogP contribution in [0.15, 0.2) is 35.1 Å². The lowest BCUT2D eigenvalue weighted by Crippen LogP contribution is -2.26. The molecule has 20 heavy (non-hydrogen) atoms. The molecule has 0 bridgehead atoms. The monoisotopic (exact) mass is 273 g/mol. The molecule has 0 amide bonds. The van der Waals surface area contributed by atoms with Gasteiger partial charge in [-0.2, -0.15) is 0 Å². The van der Waals surface area contributed by atoms with Crippen LogP contribution >= 0.6 is 0 Å². The molecule has 0 saturated carbocycles. The summed E-state index contributed by atoms with van der Waals surface area (Å²) in [6.45, 7) is 5.06. The van der Waals surface area contributed by atoms with Gasteiger partial charge in [-0.25, -0.2) is 4.98 Å². The van der Waals surface area contributed by atoms with Crippen LogP contribution in [-0.2, 0) is 13.1 Å². The van der Waals surface area contributed by atoms with E-state index in [2.05, 4.69) is 4.98 Å². The molecule has 0 aliphatic rings. The van der Waals surface area contributed by atoms with Crippen LogP contribution in [0.1, 0.15) is 17.1 Å². The van der Waals surface area contributed by atoms with Crippen LogP contribution in [0.25, 0.3) is 0 Å². The Morgan fingerprint density at radius 1 is 1.25 bits per heavy atom. The first-order valence-electron chi connectivity index (χ1n) is 6.57. The number of nitrogens with two attached hydrogens (primary N) is 1. The van der Waals surface area contributed by atoms with Gasteiger partial charge in [0.1, 0.15) is 18.2 Å². The molecule has 0 atom stereocenters. The molecule has 2 aromatic rings. The lowest BCUT2D eigenvalue weighted by Gasteiger charge is -2.11. The Balaban J connectivity index is 1.97. The molecular formula is C15H19N3O2. The highest BCUT2D eigenvalue weighted by molar-refractivity contribution is 5.27. The van der Waals surface area contributed by atoms with Gasteiger partial charge in [0.15, 0.2) is 0 Å². The van der Waals surface area contributed by atoms with Gasteiger partial charge in [0.25, 0.3) is 5.56 Å². The summed E-state index contributed by atoms with van der Waals surface area (Å²) < 4.78 is 7.23. The SMILES string of the molecule is Cc1cc(=O)n(CCOc2ccc(CN)cc2)c(C)n1. The van der Waals surface area contributed by atoms with E-state index in [0.29, 0.717) is 25.5 Å². The second kappa shape index (κ2) is 6.34. The summed E-state index contributed by atoms with van der Waals surface area (Å²) in [5, 5.41) is 0. The fourth-order valence-electron chi connectivity index (χ4n) is 2.01. The standard InChI is InChI=1S/C15H19N3O2/c1-11-9-15(19)18(12(2)17-11)7-8-20-14-5-3-13(10-16)4-6-14/h3-6,9H,7-8,10,16H2,1-2H3. The van der Waals surface area contributed by atoms with Crippen molar-refractivity contribution in [2.75, 3.05) is 6.61 Å². The van der Waals surface area contributed by atoms with E-state index in [0.717, 1.165) is 17.0 Å². The fraction of sp³-hybridized carbons (Fsp3) is 0.333. The van der Waals surface area contributed by atoms with Gasteiger partial charge >= 0.3 is 0 Å². The van der Waals surface area contributed by atoms with Crippen molar-refractivity contribution in [2.24, 2.45) is 5.73 Å². The van der Waals surface area contributed by atoms with Gasteiger partial charge in [-0.1, -0.05) is 12.1 Å². The number of benzene rings is 1. The van der Waals surface area contributed by atoms with Crippen molar-refractivity contribution in [3.05, 3.63) is 57.8 Å². The maximum absolute atomic E-state index is 11.8. The summed E-state index contributed by atoms with van der Waals surface area (Å²) in [6.07, 6.45) is 0. The average molecular weight is 273 g/mol. The molecule has 2 rings (SSSR count). The van der Waals surface area contributed by atoms with Crippen molar-refractivity contribution in [1.29, 1.82) is 0 Å². The minimum Gasteiger partial charge on any atom is -0.492 e. The van der Waals surface area contributed by atoms with Crippen LogP contribution in [0.5, 0.6) is 5.75 Å². The zero-order chi connectivity index (χ0) is 14.5. The second-order valence-corrected chi connectivity index (χ2v) is 4.63.